The molecule has 1 aromatic heterocycles. The Morgan fingerprint density at radius 2 is 1.93 bits per heavy atom. The van der Waals surface area contributed by atoms with Gasteiger partial charge in [-0.15, -0.1) is 0 Å². The summed E-state index contributed by atoms with van der Waals surface area (Å²) in [7, 11) is 0. The summed E-state index contributed by atoms with van der Waals surface area (Å²) < 4.78 is 7.49. The number of hydrogen-bond acceptors (Lipinski definition) is 3. The number of aromatic nitrogens is 1. The third-order valence-electron chi connectivity index (χ3n) is 4.25. The highest BCUT2D eigenvalue weighted by molar-refractivity contribution is 6.10. The molecular weight excluding hydrogens is 338 g/mol. The number of nitrogens with one attached hydrogen (secondary N) is 1. The van der Waals surface area contributed by atoms with E-state index in [2.05, 4.69) is 16.8 Å². The number of nitrogens with zero attached hydrogens (tertiary/aromatic N) is 2. The van der Waals surface area contributed by atoms with Gasteiger partial charge in [-0.3, -0.25) is 4.79 Å². The van der Waals surface area contributed by atoms with Gasteiger partial charge in [-0.1, -0.05) is 18.2 Å². The molecule has 27 heavy (non-hydrogen) atoms. The molecule has 1 N–H and O–H groups in total. The number of aryl methyl sites for hydroxylation is 1. The van der Waals surface area contributed by atoms with Crippen LogP contribution in [0.3, 0.4) is 0 Å². The van der Waals surface area contributed by atoms with Crippen molar-refractivity contribution in [1.82, 2.24) is 4.57 Å². The van der Waals surface area contributed by atoms with E-state index >= 15 is 0 Å². The van der Waals surface area contributed by atoms with E-state index in [0.717, 1.165) is 28.8 Å². The summed E-state index contributed by atoms with van der Waals surface area (Å²) in [5.74, 6) is 0.300. The number of rotatable bonds is 6. The maximum atomic E-state index is 12.5. The van der Waals surface area contributed by atoms with E-state index < -0.39 is 5.91 Å². The van der Waals surface area contributed by atoms with Crippen LogP contribution < -0.4 is 10.1 Å². The lowest BCUT2D eigenvalue weighted by Gasteiger charge is -2.06. The van der Waals surface area contributed by atoms with Crippen molar-refractivity contribution in [1.29, 1.82) is 5.26 Å². The maximum Gasteiger partial charge on any atom is 0.266 e. The number of carbonyl (C=O) groups excluding carboxylic acids is 1. The predicted molar refractivity (Wildman–Crippen MR) is 107 cm³/mol. The molecule has 3 rings (SSSR count). The van der Waals surface area contributed by atoms with Gasteiger partial charge in [0.1, 0.15) is 17.4 Å². The third-order valence-corrected chi connectivity index (χ3v) is 4.25. The van der Waals surface area contributed by atoms with E-state index in [1.165, 1.54) is 0 Å². The zero-order valence-corrected chi connectivity index (χ0v) is 15.4. The first-order chi connectivity index (χ1) is 13.2. The van der Waals surface area contributed by atoms with E-state index in [9.17, 15) is 10.1 Å². The Morgan fingerprint density at radius 1 is 1.19 bits per heavy atom. The highest BCUT2D eigenvalue weighted by Gasteiger charge is 2.12. The van der Waals surface area contributed by atoms with Gasteiger partial charge in [0.05, 0.1) is 6.61 Å². The molecule has 0 spiro atoms. The second-order valence-electron chi connectivity index (χ2n) is 5.97. The van der Waals surface area contributed by atoms with Crippen molar-refractivity contribution in [2.24, 2.45) is 0 Å². The van der Waals surface area contributed by atoms with Gasteiger partial charge >= 0.3 is 0 Å². The summed E-state index contributed by atoms with van der Waals surface area (Å²) in [5.41, 5.74) is 2.60. The highest BCUT2D eigenvalue weighted by atomic mass is 16.5. The Bertz CT molecular complexity index is 1020. The van der Waals surface area contributed by atoms with Gasteiger partial charge in [-0.2, -0.15) is 5.26 Å². The highest BCUT2D eigenvalue weighted by Crippen LogP contribution is 2.24. The smallest absolute Gasteiger partial charge is 0.266 e. The van der Waals surface area contributed by atoms with Crippen LogP contribution in [0.2, 0.25) is 0 Å². The fourth-order valence-corrected chi connectivity index (χ4v) is 2.96. The summed E-state index contributed by atoms with van der Waals surface area (Å²) in [6.45, 7) is 5.37. The van der Waals surface area contributed by atoms with Gasteiger partial charge in [-0.05, 0) is 50.3 Å². The maximum absolute atomic E-state index is 12.5. The van der Waals surface area contributed by atoms with E-state index in [1.54, 1.807) is 30.3 Å². The molecule has 5 nitrogen and oxygen atoms in total. The molecule has 0 atom stereocenters. The first kappa shape index (κ1) is 18.3. The monoisotopic (exact) mass is 359 g/mol. The van der Waals surface area contributed by atoms with Crippen molar-refractivity contribution in [3.8, 4) is 11.8 Å². The van der Waals surface area contributed by atoms with Crippen LogP contribution in [0, 0.1) is 11.3 Å². The van der Waals surface area contributed by atoms with E-state index in [0.29, 0.717) is 12.3 Å². The first-order valence-corrected chi connectivity index (χ1v) is 8.90. The number of fused-ring (bicyclic) bond motifs is 1. The van der Waals surface area contributed by atoms with Crippen molar-refractivity contribution in [3.05, 3.63) is 65.9 Å². The molecule has 0 bridgehead atoms. The number of amides is 1. The number of anilines is 1. The number of para-hydroxylation sites is 1. The molecule has 2 aromatic carbocycles. The molecule has 0 aliphatic heterocycles. The van der Waals surface area contributed by atoms with Crippen LogP contribution in [-0.2, 0) is 11.3 Å². The lowest BCUT2D eigenvalue weighted by Crippen LogP contribution is -2.13. The van der Waals surface area contributed by atoms with Crippen molar-refractivity contribution < 1.29 is 9.53 Å². The fourth-order valence-electron chi connectivity index (χ4n) is 2.96. The van der Waals surface area contributed by atoms with Gasteiger partial charge in [0, 0.05) is 34.9 Å². The average molecular weight is 359 g/mol. The van der Waals surface area contributed by atoms with Crippen LogP contribution in [0.25, 0.3) is 17.0 Å². The molecule has 0 radical (unpaired) electrons. The zero-order valence-electron chi connectivity index (χ0n) is 15.4. The van der Waals surface area contributed by atoms with Crippen LogP contribution >= 0.6 is 0 Å². The second kappa shape index (κ2) is 8.24. The number of hydrogen-bond donors (Lipinski definition) is 1. The van der Waals surface area contributed by atoms with E-state index in [1.807, 2.05) is 43.5 Å². The molecule has 0 saturated carbocycles. The quantitative estimate of drug-likeness (QED) is 0.516. The molecule has 0 saturated heterocycles. The number of nitriles is 1. The molecule has 136 valence electrons. The van der Waals surface area contributed by atoms with Crippen LogP contribution in [0.15, 0.2) is 60.3 Å². The van der Waals surface area contributed by atoms with Crippen LogP contribution in [0.1, 0.15) is 19.4 Å². The summed E-state index contributed by atoms with van der Waals surface area (Å²) in [6.07, 6.45) is 3.60. The summed E-state index contributed by atoms with van der Waals surface area (Å²) >= 11 is 0. The van der Waals surface area contributed by atoms with Gasteiger partial charge < -0.3 is 14.6 Å². The number of ether oxygens (including phenoxy) is 1. The van der Waals surface area contributed by atoms with Gasteiger partial charge in [0.15, 0.2) is 0 Å². The largest absolute Gasteiger partial charge is 0.494 e. The Kier molecular flexibility index (Phi) is 5.58. The second-order valence-corrected chi connectivity index (χ2v) is 5.97. The molecule has 5 heteroatoms. The molecule has 1 amide bonds. The summed E-state index contributed by atoms with van der Waals surface area (Å²) in [5, 5.41) is 13.3. The van der Waals surface area contributed by atoms with Crippen molar-refractivity contribution in [2.75, 3.05) is 11.9 Å². The molecule has 0 unspecified atom stereocenters. The predicted octanol–water partition coefficient (Wildman–Crippen LogP) is 4.61. The number of carbonyl (C=O) groups is 1. The lowest BCUT2D eigenvalue weighted by atomic mass is 10.1. The number of benzene rings is 2. The third kappa shape index (κ3) is 4.01. The summed E-state index contributed by atoms with van der Waals surface area (Å²) in [4.78, 5) is 12.5. The molecule has 0 aliphatic carbocycles. The van der Waals surface area contributed by atoms with Crippen molar-refractivity contribution >= 4 is 28.6 Å². The van der Waals surface area contributed by atoms with Gasteiger partial charge in [-0.25, -0.2) is 0 Å². The van der Waals surface area contributed by atoms with E-state index in [4.69, 9.17) is 4.74 Å². The Labute approximate surface area is 158 Å². The fraction of sp³-hybridized carbons (Fsp3) is 0.182. The van der Waals surface area contributed by atoms with Crippen molar-refractivity contribution in [3.63, 3.8) is 0 Å². The topological polar surface area (TPSA) is 67.0 Å². The molecule has 1 heterocycles. The first-order valence-electron chi connectivity index (χ1n) is 8.90. The van der Waals surface area contributed by atoms with Gasteiger partial charge in [0.2, 0.25) is 0 Å². The van der Waals surface area contributed by atoms with Crippen LogP contribution in [0.5, 0.6) is 5.75 Å². The Morgan fingerprint density at radius 3 is 2.59 bits per heavy atom. The van der Waals surface area contributed by atoms with Gasteiger partial charge in [0.25, 0.3) is 5.91 Å². The van der Waals surface area contributed by atoms with Crippen LogP contribution in [0.4, 0.5) is 5.69 Å². The SMILES string of the molecule is CCOc1ccc(NC(=O)C(C#N)=Cc2cn(CC)c3ccccc23)cc1. The standard InChI is InChI=1S/C22H21N3O2/c1-3-25-15-17(20-7-5-6-8-21(20)25)13-16(14-23)22(26)24-18-9-11-19(12-10-18)27-4-2/h5-13,15H,3-4H2,1-2H3,(H,24,26). The normalized spacial score (nSPS) is 11.2. The zero-order chi connectivity index (χ0) is 19.2. The Balaban J connectivity index is 1.86. The molecule has 3 aromatic rings. The Hall–Kier alpha value is -3.52. The minimum atomic E-state index is -0.435. The lowest BCUT2D eigenvalue weighted by molar-refractivity contribution is -0.112. The van der Waals surface area contributed by atoms with Crippen molar-refractivity contribution in [2.45, 2.75) is 20.4 Å². The molecule has 0 aliphatic rings. The van der Waals surface area contributed by atoms with Crippen LogP contribution in [-0.4, -0.2) is 17.1 Å². The average Bonchev–Trinajstić information content (AvgIpc) is 3.05. The minimum absolute atomic E-state index is 0.0582. The van der Waals surface area contributed by atoms with E-state index in [-0.39, 0.29) is 5.57 Å². The minimum Gasteiger partial charge on any atom is -0.494 e. The molecular formula is C22H21N3O2. The molecule has 0 fully saturated rings. The summed E-state index contributed by atoms with van der Waals surface area (Å²) in [6, 6.07) is 17.0.